The van der Waals surface area contributed by atoms with E-state index in [1.165, 1.54) is 6.08 Å². The van der Waals surface area contributed by atoms with E-state index in [9.17, 15) is 13.2 Å². The molecule has 1 unspecified atom stereocenters. The first kappa shape index (κ1) is 23.3. The van der Waals surface area contributed by atoms with Gasteiger partial charge in [0, 0.05) is 25.2 Å². The van der Waals surface area contributed by atoms with Crippen LogP contribution in [0, 0.1) is 5.92 Å². The fraction of sp³-hybridized carbons (Fsp3) is 0.550. The van der Waals surface area contributed by atoms with Gasteiger partial charge in [-0.3, -0.25) is 4.79 Å². The number of hydrogen-bond donors (Lipinski definition) is 2. The molecule has 0 aliphatic heterocycles. The van der Waals surface area contributed by atoms with Gasteiger partial charge in [-0.1, -0.05) is 57.5 Å². The molecule has 0 bridgehead atoms. The molecule has 1 rings (SSSR count). The highest BCUT2D eigenvalue weighted by Gasteiger charge is 2.25. The molecule has 0 fully saturated rings. The van der Waals surface area contributed by atoms with Crippen LogP contribution in [0.15, 0.2) is 35.7 Å². The summed E-state index contributed by atoms with van der Waals surface area (Å²) in [7, 11) is -3.73. The van der Waals surface area contributed by atoms with E-state index in [2.05, 4.69) is 17.0 Å². The van der Waals surface area contributed by atoms with E-state index in [1.54, 1.807) is 12.1 Å². The van der Waals surface area contributed by atoms with Crippen molar-refractivity contribution in [1.29, 1.82) is 0 Å². The summed E-state index contributed by atoms with van der Waals surface area (Å²) in [5.41, 5.74) is 0.775. The molecule has 0 spiro atoms. The van der Waals surface area contributed by atoms with E-state index in [4.69, 9.17) is 4.74 Å². The zero-order valence-electron chi connectivity index (χ0n) is 16.5. The maximum absolute atomic E-state index is 12.4. The maximum atomic E-state index is 12.4. The van der Waals surface area contributed by atoms with Gasteiger partial charge in [0.1, 0.15) is 6.04 Å². The van der Waals surface area contributed by atoms with Crippen molar-refractivity contribution in [2.75, 3.05) is 19.8 Å². The largest absolute Gasteiger partial charge is 0.381 e. The number of carbonyl (C=O) groups is 1. The Morgan fingerprint density at radius 2 is 1.81 bits per heavy atom. The summed E-state index contributed by atoms with van der Waals surface area (Å²) in [6.45, 7) is 7.48. The Morgan fingerprint density at radius 3 is 2.44 bits per heavy atom. The van der Waals surface area contributed by atoms with Crippen molar-refractivity contribution >= 4 is 22.0 Å². The number of amides is 1. The summed E-state index contributed by atoms with van der Waals surface area (Å²) in [6.07, 6.45) is 4.32. The lowest BCUT2D eigenvalue weighted by Crippen LogP contribution is -2.49. The van der Waals surface area contributed by atoms with Crippen LogP contribution in [0.1, 0.15) is 45.6 Å². The van der Waals surface area contributed by atoms with Crippen molar-refractivity contribution < 1.29 is 17.9 Å². The van der Waals surface area contributed by atoms with Gasteiger partial charge in [0.05, 0.1) is 0 Å². The Morgan fingerprint density at radius 1 is 1.15 bits per heavy atom. The van der Waals surface area contributed by atoms with Gasteiger partial charge < -0.3 is 10.1 Å². The summed E-state index contributed by atoms with van der Waals surface area (Å²) < 4.78 is 32.5. The van der Waals surface area contributed by atoms with Crippen LogP contribution in [-0.4, -0.2) is 40.1 Å². The summed E-state index contributed by atoms with van der Waals surface area (Å²) in [5, 5.41) is 3.87. The molecule has 1 atom stereocenters. The second-order valence-corrected chi connectivity index (χ2v) is 8.31. The molecule has 0 saturated carbocycles. The lowest BCUT2D eigenvalue weighted by atomic mass is 10.1. The number of sulfonamides is 1. The number of benzene rings is 1. The molecule has 27 heavy (non-hydrogen) atoms. The molecule has 1 amide bonds. The van der Waals surface area contributed by atoms with Crippen LogP contribution in [0.25, 0.3) is 6.08 Å². The number of carbonyl (C=O) groups excluding carboxylic acids is 1. The minimum atomic E-state index is -3.73. The second kappa shape index (κ2) is 12.6. The molecule has 0 radical (unpaired) electrons. The van der Waals surface area contributed by atoms with Gasteiger partial charge >= 0.3 is 0 Å². The van der Waals surface area contributed by atoms with Crippen molar-refractivity contribution in [2.45, 2.75) is 46.1 Å². The predicted molar refractivity (Wildman–Crippen MR) is 110 cm³/mol. The molecule has 6 nitrogen and oxygen atoms in total. The average molecular weight is 397 g/mol. The lowest BCUT2D eigenvalue weighted by molar-refractivity contribution is -0.123. The highest BCUT2D eigenvalue weighted by Crippen LogP contribution is 2.07. The van der Waals surface area contributed by atoms with Crippen molar-refractivity contribution in [3.05, 3.63) is 41.3 Å². The van der Waals surface area contributed by atoms with E-state index in [-0.39, 0.29) is 11.8 Å². The maximum Gasteiger partial charge on any atom is 0.238 e. The van der Waals surface area contributed by atoms with Crippen molar-refractivity contribution in [3.63, 3.8) is 0 Å². The molecule has 152 valence electrons. The van der Waals surface area contributed by atoms with Crippen LogP contribution in [-0.2, 0) is 19.6 Å². The number of ether oxygens (including phenoxy) is 1. The first-order chi connectivity index (χ1) is 12.9. The van der Waals surface area contributed by atoms with E-state index >= 15 is 0 Å². The van der Waals surface area contributed by atoms with Crippen LogP contribution in [0.3, 0.4) is 0 Å². The van der Waals surface area contributed by atoms with Crippen molar-refractivity contribution in [2.24, 2.45) is 5.92 Å². The van der Waals surface area contributed by atoms with E-state index < -0.39 is 16.1 Å². The zero-order valence-corrected chi connectivity index (χ0v) is 17.3. The monoisotopic (exact) mass is 396 g/mol. The third kappa shape index (κ3) is 10.3. The Bertz CT molecular complexity index is 672. The quantitative estimate of drug-likeness (QED) is 0.502. The third-order valence-electron chi connectivity index (χ3n) is 3.89. The van der Waals surface area contributed by atoms with Gasteiger partial charge in [-0.15, -0.1) is 0 Å². The van der Waals surface area contributed by atoms with Crippen LogP contribution >= 0.6 is 0 Å². The van der Waals surface area contributed by atoms with Gasteiger partial charge in [0.25, 0.3) is 0 Å². The normalized spacial score (nSPS) is 13.2. The molecule has 0 heterocycles. The van der Waals surface area contributed by atoms with Crippen molar-refractivity contribution in [3.8, 4) is 0 Å². The number of hydrogen-bond acceptors (Lipinski definition) is 4. The Kier molecular flexibility index (Phi) is 10.9. The molecule has 0 aromatic heterocycles. The third-order valence-corrected chi connectivity index (χ3v) is 4.96. The molecule has 1 aromatic carbocycles. The van der Waals surface area contributed by atoms with Gasteiger partial charge in [-0.05, 0) is 30.4 Å². The van der Waals surface area contributed by atoms with Gasteiger partial charge in [-0.25, -0.2) is 8.42 Å². The van der Waals surface area contributed by atoms with Gasteiger partial charge in [0.15, 0.2) is 0 Å². The molecular formula is C20H32N2O4S. The number of unbranched alkanes of at least 4 members (excludes halogenated alkanes) is 1. The number of nitrogens with one attached hydrogen (secondary N) is 2. The smallest absolute Gasteiger partial charge is 0.238 e. The SMILES string of the molecule is CCCCOCCCNC(=O)C(NS(=O)(=O)/C=C/c1ccccc1)C(C)C. The highest BCUT2D eigenvalue weighted by molar-refractivity contribution is 7.92. The van der Waals surface area contributed by atoms with Crippen LogP contribution in [0.4, 0.5) is 0 Å². The highest BCUT2D eigenvalue weighted by atomic mass is 32.2. The van der Waals surface area contributed by atoms with E-state index in [0.717, 1.165) is 30.4 Å². The van der Waals surface area contributed by atoms with Crippen LogP contribution in [0.5, 0.6) is 0 Å². The topological polar surface area (TPSA) is 84.5 Å². The molecule has 7 heteroatoms. The first-order valence-electron chi connectivity index (χ1n) is 9.46. The molecule has 0 saturated heterocycles. The Balaban J connectivity index is 2.51. The Hall–Kier alpha value is -1.70. The zero-order chi connectivity index (χ0) is 20.1. The first-order valence-corrected chi connectivity index (χ1v) is 11.0. The minimum absolute atomic E-state index is 0.175. The van der Waals surface area contributed by atoms with E-state index in [1.807, 2.05) is 32.0 Å². The summed E-state index contributed by atoms with van der Waals surface area (Å²) >= 11 is 0. The average Bonchev–Trinajstić information content (AvgIpc) is 2.64. The molecule has 1 aromatic rings. The Labute approximate surface area is 163 Å². The van der Waals surface area contributed by atoms with Crippen LogP contribution in [0.2, 0.25) is 0 Å². The van der Waals surface area contributed by atoms with Crippen LogP contribution < -0.4 is 10.0 Å². The van der Waals surface area contributed by atoms with Gasteiger partial charge in [-0.2, -0.15) is 4.72 Å². The predicted octanol–water partition coefficient (Wildman–Crippen LogP) is 2.92. The molecule has 2 N–H and O–H groups in total. The standard InChI is InChI=1S/C20H32N2O4S/c1-4-5-14-26-15-9-13-21-20(23)19(17(2)3)22-27(24,25)16-12-18-10-7-6-8-11-18/h6-8,10-12,16-17,19,22H,4-5,9,13-15H2,1-3H3,(H,21,23)/b16-12+. The fourth-order valence-corrected chi connectivity index (χ4v) is 3.43. The minimum Gasteiger partial charge on any atom is -0.381 e. The summed E-state index contributed by atoms with van der Waals surface area (Å²) in [5.74, 6) is -0.499. The summed E-state index contributed by atoms with van der Waals surface area (Å²) in [4.78, 5) is 12.4. The molecule has 0 aliphatic rings. The summed E-state index contributed by atoms with van der Waals surface area (Å²) in [6, 6.07) is 8.31. The van der Waals surface area contributed by atoms with Gasteiger partial charge in [0.2, 0.25) is 15.9 Å². The lowest BCUT2D eigenvalue weighted by Gasteiger charge is -2.20. The van der Waals surface area contributed by atoms with E-state index in [0.29, 0.717) is 19.6 Å². The molecular weight excluding hydrogens is 364 g/mol. The second-order valence-electron chi connectivity index (χ2n) is 6.71. The fourth-order valence-electron chi connectivity index (χ4n) is 2.29. The molecule has 0 aliphatic carbocycles. The number of rotatable bonds is 13. The van der Waals surface area contributed by atoms with Crippen molar-refractivity contribution in [1.82, 2.24) is 10.0 Å².